The highest BCUT2D eigenvalue weighted by Gasteiger charge is 1.99. The summed E-state index contributed by atoms with van der Waals surface area (Å²) in [6.07, 6.45) is 3.09. The van der Waals surface area contributed by atoms with Gasteiger partial charge in [0.2, 0.25) is 0 Å². The second-order valence-corrected chi connectivity index (χ2v) is 2.89. The number of pyridine rings is 1. The fourth-order valence-electron chi connectivity index (χ4n) is 1.34. The van der Waals surface area contributed by atoms with Gasteiger partial charge in [-0.3, -0.25) is 4.98 Å². The number of fused-ring (bicyclic) bond motifs is 1. The highest BCUT2D eigenvalue weighted by Crippen LogP contribution is 2.12. The summed E-state index contributed by atoms with van der Waals surface area (Å²) in [6, 6.07) is 7.99. The number of nitrogens with zero attached hydrogens (tertiary/aromatic N) is 2. The van der Waals surface area contributed by atoms with E-state index in [4.69, 9.17) is 5.26 Å². The van der Waals surface area contributed by atoms with Gasteiger partial charge in [0.1, 0.15) is 0 Å². The zero-order chi connectivity index (χ0) is 9.10. The Kier molecular flexibility index (Phi) is 1.97. The average Bonchev–Trinajstić information content (AvgIpc) is 2.57. The van der Waals surface area contributed by atoms with Gasteiger partial charge < -0.3 is 4.98 Å². The van der Waals surface area contributed by atoms with Gasteiger partial charge in [0.15, 0.2) is 0 Å². The number of hydrogen-bond acceptors (Lipinski definition) is 2. The SMILES string of the molecule is N#CCCc1cc2ncccc2[nH]1. The normalized spacial score (nSPS) is 10.1. The molecule has 0 aliphatic carbocycles. The number of aromatic nitrogens is 2. The molecule has 2 heterocycles. The zero-order valence-electron chi connectivity index (χ0n) is 7.12. The smallest absolute Gasteiger partial charge is 0.0881 e. The Morgan fingerprint density at radius 1 is 1.54 bits per heavy atom. The van der Waals surface area contributed by atoms with Gasteiger partial charge in [-0.2, -0.15) is 5.26 Å². The fourth-order valence-corrected chi connectivity index (χ4v) is 1.34. The van der Waals surface area contributed by atoms with Gasteiger partial charge in [0.05, 0.1) is 17.1 Å². The first-order chi connectivity index (χ1) is 6.40. The first-order valence-corrected chi connectivity index (χ1v) is 4.20. The molecule has 0 atom stereocenters. The third kappa shape index (κ3) is 1.52. The molecule has 0 bridgehead atoms. The minimum atomic E-state index is 0.548. The highest BCUT2D eigenvalue weighted by molar-refractivity contribution is 5.75. The summed E-state index contributed by atoms with van der Waals surface area (Å²) in [5, 5.41) is 8.42. The molecule has 1 N–H and O–H groups in total. The summed E-state index contributed by atoms with van der Waals surface area (Å²) in [7, 11) is 0. The number of aromatic amines is 1. The van der Waals surface area contributed by atoms with Crippen LogP contribution in [-0.4, -0.2) is 9.97 Å². The number of hydrogen-bond donors (Lipinski definition) is 1. The van der Waals surface area contributed by atoms with E-state index in [0.29, 0.717) is 6.42 Å². The van der Waals surface area contributed by atoms with E-state index >= 15 is 0 Å². The molecule has 0 saturated heterocycles. The van der Waals surface area contributed by atoms with E-state index in [9.17, 15) is 0 Å². The molecule has 64 valence electrons. The van der Waals surface area contributed by atoms with Crippen LogP contribution in [0.25, 0.3) is 11.0 Å². The molecule has 3 nitrogen and oxygen atoms in total. The van der Waals surface area contributed by atoms with Gasteiger partial charge in [-0.1, -0.05) is 0 Å². The highest BCUT2D eigenvalue weighted by atomic mass is 14.8. The minimum Gasteiger partial charge on any atom is -0.357 e. The van der Waals surface area contributed by atoms with E-state index in [2.05, 4.69) is 16.0 Å². The van der Waals surface area contributed by atoms with E-state index in [-0.39, 0.29) is 0 Å². The van der Waals surface area contributed by atoms with Crippen LogP contribution in [0.2, 0.25) is 0 Å². The maximum Gasteiger partial charge on any atom is 0.0881 e. The molecule has 0 aliphatic heterocycles. The number of H-pyrrole nitrogens is 1. The molecule has 0 radical (unpaired) electrons. The summed E-state index contributed by atoms with van der Waals surface area (Å²) in [4.78, 5) is 7.41. The summed E-state index contributed by atoms with van der Waals surface area (Å²) in [5.74, 6) is 0. The third-order valence-electron chi connectivity index (χ3n) is 1.95. The van der Waals surface area contributed by atoms with Crippen LogP contribution in [-0.2, 0) is 6.42 Å². The topological polar surface area (TPSA) is 52.5 Å². The van der Waals surface area contributed by atoms with Crippen molar-refractivity contribution in [3.63, 3.8) is 0 Å². The predicted octanol–water partition coefficient (Wildman–Crippen LogP) is 2.02. The van der Waals surface area contributed by atoms with Crippen molar-refractivity contribution >= 4 is 11.0 Å². The monoisotopic (exact) mass is 171 g/mol. The Morgan fingerprint density at radius 3 is 3.23 bits per heavy atom. The maximum atomic E-state index is 8.42. The van der Waals surface area contributed by atoms with Crippen LogP contribution >= 0.6 is 0 Å². The van der Waals surface area contributed by atoms with Crippen LogP contribution in [0.15, 0.2) is 24.4 Å². The number of aryl methyl sites for hydroxylation is 1. The second kappa shape index (κ2) is 3.28. The zero-order valence-corrected chi connectivity index (χ0v) is 7.12. The minimum absolute atomic E-state index is 0.548. The Bertz CT molecular complexity index is 417. The lowest BCUT2D eigenvalue weighted by molar-refractivity contribution is 0.973. The van der Waals surface area contributed by atoms with Crippen molar-refractivity contribution < 1.29 is 0 Å². The number of nitrogens with one attached hydrogen (secondary N) is 1. The van der Waals surface area contributed by atoms with Gasteiger partial charge >= 0.3 is 0 Å². The molecule has 0 amide bonds. The molecule has 0 aliphatic rings. The molecule has 2 aromatic heterocycles. The molecule has 0 unspecified atom stereocenters. The van der Waals surface area contributed by atoms with Gasteiger partial charge in [-0.05, 0) is 18.2 Å². The largest absolute Gasteiger partial charge is 0.357 e. The van der Waals surface area contributed by atoms with Crippen LogP contribution in [0.1, 0.15) is 12.1 Å². The van der Waals surface area contributed by atoms with Crippen LogP contribution < -0.4 is 0 Å². The lowest BCUT2D eigenvalue weighted by Gasteiger charge is -1.87. The van der Waals surface area contributed by atoms with Crippen molar-refractivity contribution in [2.75, 3.05) is 0 Å². The lowest BCUT2D eigenvalue weighted by Crippen LogP contribution is -1.81. The molecule has 0 spiro atoms. The lowest BCUT2D eigenvalue weighted by atomic mass is 10.2. The van der Waals surface area contributed by atoms with Gasteiger partial charge in [-0.15, -0.1) is 0 Å². The van der Waals surface area contributed by atoms with E-state index in [1.54, 1.807) is 6.20 Å². The number of nitriles is 1. The van der Waals surface area contributed by atoms with Crippen LogP contribution in [0.5, 0.6) is 0 Å². The molecule has 2 aromatic rings. The maximum absolute atomic E-state index is 8.42. The van der Waals surface area contributed by atoms with Crippen molar-refractivity contribution in [2.24, 2.45) is 0 Å². The second-order valence-electron chi connectivity index (χ2n) is 2.89. The Hall–Kier alpha value is -1.82. The first-order valence-electron chi connectivity index (χ1n) is 4.20. The van der Waals surface area contributed by atoms with E-state index in [0.717, 1.165) is 23.1 Å². The van der Waals surface area contributed by atoms with Gasteiger partial charge in [0.25, 0.3) is 0 Å². The van der Waals surface area contributed by atoms with Gasteiger partial charge in [0, 0.05) is 24.7 Å². The molecule has 0 saturated carbocycles. The quantitative estimate of drug-likeness (QED) is 0.751. The summed E-state index contributed by atoms with van der Waals surface area (Å²) < 4.78 is 0. The van der Waals surface area contributed by atoms with E-state index < -0.39 is 0 Å². The summed E-state index contributed by atoms with van der Waals surface area (Å²) >= 11 is 0. The molecule has 0 fully saturated rings. The Morgan fingerprint density at radius 2 is 2.46 bits per heavy atom. The average molecular weight is 171 g/mol. The molecular weight excluding hydrogens is 162 g/mol. The van der Waals surface area contributed by atoms with E-state index in [1.807, 2.05) is 18.2 Å². The molecular formula is C10H9N3. The van der Waals surface area contributed by atoms with Crippen molar-refractivity contribution in [1.82, 2.24) is 9.97 Å². The molecule has 3 heteroatoms. The van der Waals surface area contributed by atoms with Crippen molar-refractivity contribution in [3.8, 4) is 6.07 Å². The van der Waals surface area contributed by atoms with Crippen molar-refractivity contribution in [3.05, 3.63) is 30.1 Å². The van der Waals surface area contributed by atoms with Crippen LogP contribution in [0, 0.1) is 11.3 Å². The number of rotatable bonds is 2. The fraction of sp³-hybridized carbons (Fsp3) is 0.200. The first kappa shape index (κ1) is 7.81. The molecule has 2 rings (SSSR count). The summed E-state index contributed by atoms with van der Waals surface area (Å²) in [6.45, 7) is 0. The van der Waals surface area contributed by atoms with E-state index in [1.165, 1.54) is 0 Å². The van der Waals surface area contributed by atoms with Gasteiger partial charge in [-0.25, -0.2) is 0 Å². The van der Waals surface area contributed by atoms with Crippen LogP contribution in [0.4, 0.5) is 0 Å². The van der Waals surface area contributed by atoms with Crippen LogP contribution in [0.3, 0.4) is 0 Å². The van der Waals surface area contributed by atoms with Crippen molar-refractivity contribution in [1.29, 1.82) is 5.26 Å². The van der Waals surface area contributed by atoms with Crippen molar-refractivity contribution in [2.45, 2.75) is 12.8 Å². The molecule has 13 heavy (non-hydrogen) atoms. The molecule has 0 aromatic carbocycles. The Labute approximate surface area is 76.0 Å². The summed E-state index contributed by atoms with van der Waals surface area (Å²) in [5.41, 5.74) is 3.08. The third-order valence-corrected chi connectivity index (χ3v) is 1.95. The standard InChI is InChI=1S/C10H9N3/c11-5-1-3-8-7-10-9(13-8)4-2-6-12-10/h2,4,6-7,13H,1,3H2. The predicted molar refractivity (Wildman–Crippen MR) is 50.0 cm³/mol. The Balaban J connectivity index is 2.34.